The summed E-state index contributed by atoms with van der Waals surface area (Å²) in [5, 5.41) is 0. The van der Waals surface area contributed by atoms with E-state index in [1.165, 1.54) is 122 Å². The lowest BCUT2D eigenvalue weighted by Gasteiger charge is -2.28. The van der Waals surface area contributed by atoms with Crippen LogP contribution in [0.4, 0.5) is 0 Å². The first kappa shape index (κ1) is 83.9. The second-order valence-corrected chi connectivity index (χ2v) is 25.9. The SMILES string of the molecule is CC/C=C\C/C=C\C/C=C\C/C=C\C/C=C\C/C=C\C/C=C\CCCCCCCC(=O)OC(COC(=O)CCCCCCCCCCCCCCCCCCCCCCC/C=C\C/C=C\C/C=C\C/C=C\C/C=C\CC)COP(=O)([O-])OCC[N+](C)(C)C. The van der Waals surface area contributed by atoms with Crippen molar-refractivity contribution in [2.24, 2.45) is 0 Å². The lowest BCUT2D eigenvalue weighted by atomic mass is 10.0. The van der Waals surface area contributed by atoms with Crippen LogP contribution in [0.2, 0.25) is 0 Å². The Morgan fingerprint density at radius 2 is 0.614 bits per heavy atom. The minimum Gasteiger partial charge on any atom is -0.756 e. The van der Waals surface area contributed by atoms with Crippen LogP contribution in [-0.2, 0) is 32.7 Å². The van der Waals surface area contributed by atoms with Gasteiger partial charge in [0.1, 0.15) is 19.8 Å². The number of likely N-dealkylation sites (N-methyl/N-ethyl adjacent to an activating group) is 1. The van der Waals surface area contributed by atoms with E-state index in [2.05, 4.69) is 160 Å². The molecule has 10 heteroatoms. The first-order chi connectivity index (χ1) is 43.0. The fraction of sp³-hybridized carbons (Fsp3) is 0.667. The summed E-state index contributed by atoms with van der Waals surface area (Å²) in [6.45, 7) is 4.00. The highest BCUT2D eigenvalue weighted by Crippen LogP contribution is 2.38. The van der Waals surface area contributed by atoms with Gasteiger partial charge in [0, 0.05) is 12.8 Å². The van der Waals surface area contributed by atoms with Crippen molar-refractivity contribution in [3.05, 3.63) is 146 Å². The minimum absolute atomic E-state index is 0.0409. The Morgan fingerprint density at radius 1 is 0.352 bits per heavy atom. The number of hydrogen-bond acceptors (Lipinski definition) is 8. The van der Waals surface area contributed by atoms with E-state index in [0.717, 1.165) is 128 Å². The molecule has 0 aliphatic heterocycles. The largest absolute Gasteiger partial charge is 0.756 e. The van der Waals surface area contributed by atoms with Crippen LogP contribution in [0.1, 0.15) is 284 Å². The molecule has 88 heavy (non-hydrogen) atoms. The van der Waals surface area contributed by atoms with Gasteiger partial charge in [-0.2, -0.15) is 0 Å². The van der Waals surface area contributed by atoms with E-state index in [1.54, 1.807) is 0 Å². The predicted molar refractivity (Wildman–Crippen MR) is 378 cm³/mol. The standard InChI is InChI=1S/C78H132NO8P/c1-6-8-10-12-14-16-18-20-22-24-26-28-30-32-34-35-36-37-38-39-40-41-42-43-45-46-48-50-52-54-56-58-60-62-64-66-68-70-77(80)84-74-76(75-86-88(82,83)85-73-72-79(3,4)5)87-78(81)71-69-67-65-63-61-59-57-55-53-51-49-47-44-33-31-29-27-25-23-21-19-17-15-13-11-9-7-2/h8-11,14-17,20-23,26-29,32-34,44,49,51,55,57,76H,6-7,12-13,18-19,24-25,30-31,35-43,45-48,50,52-54,56,58-75H2,1-5H3/b10-8-,11-9-,16-14-,17-15-,22-20-,23-21-,28-26-,29-27-,34-32-,44-33-,51-49-,57-55-. The molecule has 2 unspecified atom stereocenters. The number of quaternary nitrogens is 1. The van der Waals surface area contributed by atoms with Gasteiger partial charge in [-0.1, -0.05) is 301 Å². The Hall–Kier alpha value is -4.11. The predicted octanol–water partition coefficient (Wildman–Crippen LogP) is 22.7. The zero-order valence-corrected chi connectivity index (χ0v) is 58.0. The fourth-order valence-corrected chi connectivity index (χ4v) is 10.2. The quantitative estimate of drug-likeness (QED) is 0.0195. The average molecular weight is 1240 g/mol. The van der Waals surface area contributed by atoms with Crippen molar-refractivity contribution in [3.63, 3.8) is 0 Å². The number of nitrogens with zero attached hydrogens (tertiary/aromatic N) is 1. The number of phosphoric acid groups is 1. The molecule has 0 bridgehead atoms. The summed E-state index contributed by atoms with van der Waals surface area (Å²) < 4.78 is 34.3. The van der Waals surface area contributed by atoms with E-state index in [0.29, 0.717) is 17.4 Å². The van der Waals surface area contributed by atoms with E-state index in [1.807, 2.05) is 21.1 Å². The molecule has 0 aliphatic rings. The molecule has 2 atom stereocenters. The van der Waals surface area contributed by atoms with Gasteiger partial charge in [-0.05, 0) is 116 Å². The van der Waals surface area contributed by atoms with Gasteiger partial charge >= 0.3 is 11.9 Å². The number of phosphoric ester groups is 1. The number of esters is 2. The summed E-state index contributed by atoms with van der Waals surface area (Å²) in [6.07, 6.45) is 99.3. The Balaban J connectivity index is 4.06. The molecule has 0 rings (SSSR count). The van der Waals surface area contributed by atoms with Gasteiger partial charge in [-0.25, -0.2) is 0 Å². The summed E-state index contributed by atoms with van der Waals surface area (Å²) in [5.74, 6) is -0.856. The second-order valence-electron chi connectivity index (χ2n) is 24.5. The highest BCUT2D eigenvalue weighted by molar-refractivity contribution is 7.45. The van der Waals surface area contributed by atoms with Crippen molar-refractivity contribution in [2.75, 3.05) is 47.5 Å². The van der Waals surface area contributed by atoms with Crippen LogP contribution in [0.25, 0.3) is 0 Å². The minimum atomic E-state index is -4.66. The van der Waals surface area contributed by atoms with E-state index >= 15 is 0 Å². The number of unbranched alkanes of at least 4 members (excludes halogenated alkanes) is 26. The normalized spacial score (nSPS) is 14.0. The lowest BCUT2D eigenvalue weighted by Crippen LogP contribution is -2.37. The Morgan fingerprint density at radius 3 is 0.909 bits per heavy atom. The van der Waals surface area contributed by atoms with E-state index < -0.39 is 26.5 Å². The molecule has 0 N–H and O–H groups in total. The smallest absolute Gasteiger partial charge is 0.306 e. The maximum atomic E-state index is 12.9. The molecule has 0 aromatic rings. The van der Waals surface area contributed by atoms with Crippen molar-refractivity contribution in [1.82, 2.24) is 0 Å². The highest BCUT2D eigenvalue weighted by atomic mass is 31.2. The van der Waals surface area contributed by atoms with Gasteiger partial charge in [0.05, 0.1) is 27.7 Å². The van der Waals surface area contributed by atoms with E-state index in [9.17, 15) is 19.0 Å². The van der Waals surface area contributed by atoms with Crippen LogP contribution in [0.3, 0.4) is 0 Å². The van der Waals surface area contributed by atoms with Crippen LogP contribution in [0, 0.1) is 0 Å². The molecule has 0 fully saturated rings. The molecule has 0 radical (unpaired) electrons. The highest BCUT2D eigenvalue weighted by Gasteiger charge is 2.22. The third-order valence-corrected chi connectivity index (χ3v) is 15.8. The topological polar surface area (TPSA) is 111 Å². The van der Waals surface area contributed by atoms with E-state index in [-0.39, 0.29) is 32.0 Å². The van der Waals surface area contributed by atoms with Crippen LogP contribution < -0.4 is 4.89 Å². The molecule has 0 aromatic heterocycles. The molecule has 0 saturated carbocycles. The molecule has 9 nitrogen and oxygen atoms in total. The Bertz CT molecular complexity index is 2000. The zero-order valence-electron chi connectivity index (χ0n) is 57.1. The number of carbonyl (C=O) groups excluding carboxylic acids is 2. The molecular weight excluding hydrogens is 1110 g/mol. The van der Waals surface area contributed by atoms with Crippen LogP contribution in [0.15, 0.2) is 146 Å². The van der Waals surface area contributed by atoms with Crippen LogP contribution in [0.5, 0.6) is 0 Å². The van der Waals surface area contributed by atoms with Crippen molar-refractivity contribution in [1.29, 1.82) is 0 Å². The average Bonchev–Trinajstić information content (AvgIpc) is 3.60. The lowest BCUT2D eigenvalue weighted by molar-refractivity contribution is -0.870. The molecule has 0 saturated heterocycles. The number of hydrogen-bond donors (Lipinski definition) is 0. The van der Waals surface area contributed by atoms with Crippen molar-refractivity contribution in [3.8, 4) is 0 Å². The van der Waals surface area contributed by atoms with E-state index in [4.69, 9.17) is 18.5 Å². The third kappa shape index (κ3) is 71.0. The molecule has 0 heterocycles. The first-order valence-electron chi connectivity index (χ1n) is 35.5. The first-order valence-corrected chi connectivity index (χ1v) is 37.0. The van der Waals surface area contributed by atoms with Gasteiger partial charge in [-0.3, -0.25) is 14.2 Å². The van der Waals surface area contributed by atoms with Gasteiger partial charge in [-0.15, -0.1) is 0 Å². The fourth-order valence-electron chi connectivity index (χ4n) is 9.49. The summed E-state index contributed by atoms with van der Waals surface area (Å²) in [6, 6.07) is 0. The summed E-state index contributed by atoms with van der Waals surface area (Å²) in [4.78, 5) is 38.1. The zero-order chi connectivity index (χ0) is 64.1. The number of carbonyl (C=O) groups is 2. The van der Waals surface area contributed by atoms with Gasteiger partial charge < -0.3 is 27.9 Å². The van der Waals surface area contributed by atoms with Gasteiger partial charge in [0.25, 0.3) is 7.82 Å². The number of allylic oxidation sites excluding steroid dienone is 24. The molecule has 0 spiro atoms. The molecule has 0 amide bonds. The van der Waals surface area contributed by atoms with Gasteiger partial charge in [0.15, 0.2) is 6.10 Å². The summed E-state index contributed by atoms with van der Waals surface area (Å²) in [5.41, 5.74) is 0. The van der Waals surface area contributed by atoms with Crippen molar-refractivity contribution in [2.45, 2.75) is 290 Å². The maximum absolute atomic E-state index is 12.9. The third-order valence-electron chi connectivity index (χ3n) is 14.9. The Labute approximate surface area is 542 Å². The maximum Gasteiger partial charge on any atom is 0.306 e. The summed E-state index contributed by atoms with van der Waals surface area (Å²) >= 11 is 0. The molecule has 0 aliphatic carbocycles. The Kier molecular flexibility index (Phi) is 64.1. The van der Waals surface area contributed by atoms with Gasteiger partial charge in [0.2, 0.25) is 0 Å². The molecular formula is C78H132NO8P. The van der Waals surface area contributed by atoms with Crippen LogP contribution in [-0.4, -0.2) is 70.0 Å². The second kappa shape index (κ2) is 67.3. The summed E-state index contributed by atoms with van der Waals surface area (Å²) in [7, 11) is 1.14. The molecule has 502 valence electrons. The van der Waals surface area contributed by atoms with Crippen molar-refractivity contribution >= 4 is 19.8 Å². The number of ether oxygens (including phenoxy) is 2. The van der Waals surface area contributed by atoms with Crippen LogP contribution >= 0.6 is 7.82 Å². The monoisotopic (exact) mass is 1240 g/mol. The molecule has 0 aromatic carbocycles. The van der Waals surface area contributed by atoms with Crippen molar-refractivity contribution < 1.29 is 42.1 Å². The number of rotatable bonds is 64.